The van der Waals surface area contributed by atoms with Crippen molar-refractivity contribution in [1.29, 1.82) is 0 Å². The average molecular weight is 331 g/mol. The van der Waals surface area contributed by atoms with Crippen LogP contribution in [-0.2, 0) is 14.3 Å². The molecule has 24 heavy (non-hydrogen) atoms. The first-order valence-corrected chi connectivity index (χ1v) is 8.12. The average Bonchev–Trinajstić information content (AvgIpc) is 2.94. The smallest absolute Gasteiger partial charge is 0.414 e. The van der Waals surface area contributed by atoms with E-state index in [9.17, 15) is 14.4 Å². The predicted molar refractivity (Wildman–Crippen MR) is 87.7 cm³/mol. The fourth-order valence-electron chi connectivity index (χ4n) is 3.09. The fraction of sp³-hybridized carbons (Fsp3) is 0.471. The van der Waals surface area contributed by atoms with Crippen molar-refractivity contribution in [3.05, 3.63) is 29.8 Å². The highest BCUT2D eigenvalue weighted by molar-refractivity contribution is 5.89. The van der Waals surface area contributed by atoms with Gasteiger partial charge in [-0.3, -0.25) is 14.5 Å². The van der Waals surface area contributed by atoms with Gasteiger partial charge in [-0.2, -0.15) is 0 Å². The zero-order chi connectivity index (χ0) is 17.1. The van der Waals surface area contributed by atoms with Gasteiger partial charge in [-0.1, -0.05) is 12.1 Å². The summed E-state index contributed by atoms with van der Waals surface area (Å²) in [6.45, 7) is 2.85. The van der Waals surface area contributed by atoms with Gasteiger partial charge >= 0.3 is 6.09 Å². The van der Waals surface area contributed by atoms with Crippen molar-refractivity contribution in [3.63, 3.8) is 0 Å². The van der Waals surface area contributed by atoms with Gasteiger partial charge in [0.25, 0.3) is 0 Å². The van der Waals surface area contributed by atoms with Crippen molar-refractivity contribution in [1.82, 2.24) is 10.6 Å². The van der Waals surface area contributed by atoms with Crippen molar-refractivity contribution in [2.45, 2.75) is 31.8 Å². The zero-order valence-corrected chi connectivity index (χ0v) is 13.6. The lowest BCUT2D eigenvalue weighted by atomic mass is 9.90. The van der Waals surface area contributed by atoms with E-state index in [2.05, 4.69) is 10.6 Å². The van der Waals surface area contributed by atoms with E-state index in [4.69, 9.17) is 4.74 Å². The molecular weight excluding hydrogens is 310 g/mol. The summed E-state index contributed by atoms with van der Waals surface area (Å²) < 4.78 is 5.26. The first-order valence-electron chi connectivity index (χ1n) is 8.12. The first-order chi connectivity index (χ1) is 11.5. The molecule has 7 nitrogen and oxygen atoms in total. The van der Waals surface area contributed by atoms with Gasteiger partial charge in [-0.15, -0.1) is 0 Å². The number of hydrogen-bond acceptors (Lipinski definition) is 4. The molecule has 2 fully saturated rings. The van der Waals surface area contributed by atoms with Gasteiger partial charge in [-0.25, -0.2) is 4.79 Å². The maximum atomic E-state index is 12.0. The number of hydrogen-bond donors (Lipinski definition) is 2. The Bertz CT molecular complexity index is 644. The summed E-state index contributed by atoms with van der Waals surface area (Å²) in [6, 6.07) is 7.69. The first kappa shape index (κ1) is 16.3. The van der Waals surface area contributed by atoms with Crippen LogP contribution in [-0.4, -0.2) is 43.6 Å². The minimum absolute atomic E-state index is 0.0826. The van der Waals surface area contributed by atoms with Crippen LogP contribution in [0.4, 0.5) is 10.5 Å². The third kappa shape index (κ3) is 3.67. The van der Waals surface area contributed by atoms with Gasteiger partial charge in [0.2, 0.25) is 11.8 Å². The molecule has 2 aliphatic heterocycles. The highest BCUT2D eigenvalue weighted by Gasteiger charge is 2.32. The molecule has 0 saturated carbocycles. The maximum Gasteiger partial charge on any atom is 0.414 e. The number of carbonyl (C=O) groups excluding carboxylic acids is 3. The highest BCUT2D eigenvalue weighted by Crippen LogP contribution is 2.28. The molecule has 0 spiro atoms. The molecule has 2 N–H and O–H groups in total. The molecule has 2 atom stereocenters. The molecule has 3 amide bonds. The number of nitrogens with one attached hydrogen (secondary N) is 2. The number of cyclic esters (lactones) is 1. The van der Waals surface area contributed by atoms with Gasteiger partial charge in [0.05, 0.1) is 13.1 Å². The summed E-state index contributed by atoms with van der Waals surface area (Å²) in [6.07, 6.45) is 0.678. The van der Waals surface area contributed by atoms with Crippen LogP contribution >= 0.6 is 0 Å². The van der Waals surface area contributed by atoms with E-state index in [1.54, 1.807) is 4.90 Å². The molecule has 2 heterocycles. The summed E-state index contributed by atoms with van der Waals surface area (Å²) in [5, 5.41) is 5.49. The minimum atomic E-state index is -0.407. The SMILES string of the molecule is CC(=O)NCC1CN(c2ccc(C3CCNC(=O)C3)cc2)C(=O)O1. The van der Waals surface area contributed by atoms with E-state index >= 15 is 0 Å². The highest BCUT2D eigenvalue weighted by atomic mass is 16.6. The Hall–Kier alpha value is -2.57. The molecular formula is C17H21N3O4. The maximum absolute atomic E-state index is 12.0. The number of amides is 3. The van der Waals surface area contributed by atoms with Gasteiger partial charge in [-0.05, 0) is 30.0 Å². The predicted octanol–water partition coefficient (Wildman–Crippen LogP) is 1.14. The summed E-state index contributed by atoms with van der Waals surface area (Å²) in [5.74, 6) is 0.162. The lowest BCUT2D eigenvalue weighted by Crippen LogP contribution is -2.33. The number of carbonyl (C=O) groups is 3. The minimum Gasteiger partial charge on any atom is -0.442 e. The Morgan fingerprint density at radius 2 is 2.08 bits per heavy atom. The Balaban J connectivity index is 1.64. The third-order valence-corrected chi connectivity index (χ3v) is 4.38. The molecule has 0 aromatic heterocycles. The number of ether oxygens (including phenoxy) is 1. The molecule has 2 unspecified atom stereocenters. The van der Waals surface area contributed by atoms with Crippen LogP contribution in [0.2, 0.25) is 0 Å². The second kappa shape index (κ2) is 6.90. The lowest BCUT2D eigenvalue weighted by molar-refractivity contribution is -0.122. The second-order valence-electron chi connectivity index (χ2n) is 6.18. The van der Waals surface area contributed by atoms with E-state index in [0.29, 0.717) is 26.1 Å². The van der Waals surface area contributed by atoms with Gasteiger partial charge in [0.1, 0.15) is 6.10 Å². The van der Waals surface area contributed by atoms with Crippen LogP contribution in [0, 0.1) is 0 Å². The Morgan fingerprint density at radius 1 is 1.33 bits per heavy atom. The van der Waals surface area contributed by atoms with Crippen LogP contribution in [0.5, 0.6) is 0 Å². The summed E-state index contributed by atoms with van der Waals surface area (Å²) in [4.78, 5) is 36.0. The number of benzene rings is 1. The quantitative estimate of drug-likeness (QED) is 0.866. The van der Waals surface area contributed by atoms with Crippen LogP contribution in [0.25, 0.3) is 0 Å². The fourth-order valence-corrected chi connectivity index (χ4v) is 3.09. The molecule has 2 aliphatic rings. The Labute approximate surface area is 140 Å². The standard InChI is InChI=1S/C17H21N3O4/c1-11(21)19-9-15-10-20(17(23)24-15)14-4-2-12(3-5-14)13-6-7-18-16(22)8-13/h2-5,13,15H,6-10H2,1H3,(H,18,22)(H,19,21). The van der Waals surface area contributed by atoms with Crippen molar-refractivity contribution < 1.29 is 19.1 Å². The number of nitrogens with zero attached hydrogens (tertiary/aromatic N) is 1. The normalized spacial score (nSPS) is 23.6. The summed E-state index contributed by atoms with van der Waals surface area (Å²) >= 11 is 0. The van der Waals surface area contributed by atoms with Crippen LogP contribution < -0.4 is 15.5 Å². The summed E-state index contributed by atoms with van der Waals surface area (Å²) in [5.41, 5.74) is 1.87. The van der Waals surface area contributed by atoms with Gasteiger partial charge in [0, 0.05) is 25.6 Å². The molecule has 2 saturated heterocycles. The molecule has 3 rings (SSSR count). The van der Waals surface area contributed by atoms with Crippen molar-refractivity contribution in [2.75, 3.05) is 24.5 Å². The Morgan fingerprint density at radius 3 is 2.75 bits per heavy atom. The van der Waals surface area contributed by atoms with E-state index in [1.807, 2.05) is 24.3 Å². The molecule has 0 radical (unpaired) electrons. The topological polar surface area (TPSA) is 87.7 Å². The number of rotatable bonds is 4. The van der Waals surface area contributed by atoms with Crippen molar-refractivity contribution in [3.8, 4) is 0 Å². The largest absolute Gasteiger partial charge is 0.442 e. The zero-order valence-electron chi connectivity index (χ0n) is 13.6. The lowest BCUT2D eigenvalue weighted by Gasteiger charge is -2.23. The van der Waals surface area contributed by atoms with E-state index < -0.39 is 6.09 Å². The van der Waals surface area contributed by atoms with Crippen LogP contribution in [0.3, 0.4) is 0 Å². The third-order valence-electron chi connectivity index (χ3n) is 4.38. The van der Waals surface area contributed by atoms with Gasteiger partial charge < -0.3 is 15.4 Å². The molecule has 0 aliphatic carbocycles. The van der Waals surface area contributed by atoms with Crippen molar-refractivity contribution in [2.24, 2.45) is 0 Å². The van der Waals surface area contributed by atoms with Crippen LogP contribution in [0.1, 0.15) is 31.2 Å². The molecule has 1 aromatic rings. The van der Waals surface area contributed by atoms with E-state index in [1.165, 1.54) is 6.92 Å². The molecule has 128 valence electrons. The van der Waals surface area contributed by atoms with E-state index in [0.717, 1.165) is 17.7 Å². The number of anilines is 1. The summed E-state index contributed by atoms with van der Waals surface area (Å²) in [7, 11) is 0. The van der Waals surface area contributed by atoms with E-state index in [-0.39, 0.29) is 23.8 Å². The molecule has 0 bridgehead atoms. The van der Waals surface area contributed by atoms with Gasteiger partial charge in [0.15, 0.2) is 0 Å². The molecule has 7 heteroatoms. The van der Waals surface area contributed by atoms with Crippen LogP contribution in [0.15, 0.2) is 24.3 Å². The number of piperidine rings is 1. The Kier molecular flexibility index (Phi) is 4.69. The van der Waals surface area contributed by atoms with Crippen molar-refractivity contribution >= 4 is 23.6 Å². The molecule has 1 aromatic carbocycles. The second-order valence-corrected chi connectivity index (χ2v) is 6.18. The monoisotopic (exact) mass is 331 g/mol.